The van der Waals surface area contributed by atoms with E-state index in [0.717, 1.165) is 0 Å². The van der Waals surface area contributed by atoms with Crippen molar-refractivity contribution >= 4 is 11.9 Å². The van der Waals surface area contributed by atoms with E-state index in [1.54, 1.807) is 0 Å². The van der Waals surface area contributed by atoms with Gasteiger partial charge in [-0.15, -0.1) is 0 Å². The summed E-state index contributed by atoms with van der Waals surface area (Å²) in [5.41, 5.74) is -1.42. The number of aliphatic carboxylic acids is 1. The van der Waals surface area contributed by atoms with Crippen LogP contribution >= 0.6 is 0 Å². The molecular weight excluding hydrogens is 222 g/mol. The minimum absolute atomic E-state index is 0.166. The molecule has 5 nitrogen and oxygen atoms in total. The Hall–Kier alpha value is -1.10. The van der Waals surface area contributed by atoms with Gasteiger partial charge in [-0.2, -0.15) is 0 Å². The monoisotopic (exact) mass is 245 g/mol. The van der Waals surface area contributed by atoms with E-state index < -0.39 is 17.3 Å². The van der Waals surface area contributed by atoms with E-state index in [-0.39, 0.29) is 12.0 Å². The fraction of sp³-hybridized carbons (Fsp3) is 0.833. The fourth-order valence-corrected chi connectivity index (χ4v) is 1.09. The molecule has 0 aliphatic heterocycles. The lowest BCUT2D eigenvalue weighted by atomic mass is 9.91. The average molecular weight is 245 g/mol. The Kier molecular flexibility index (Phi) is 6.16. The van der Waals surface area contributed by atoms with Crippen molar-refractivity contribution in [3.63, 3.8) is 0 Å². The predicted molar refractivity (Wildman–Crippen MR) is 64.7 cm³/mol. The quantitative estimate of drug-likeness (QED) is 0.662. The fourth-order valence-electron chi connectivity index (χ4n) is 1.09. The van der Waals surface area contributed by atoms with Crippen molar-refractivity contribution in [3.05, 3.63) is 0 Å². The number of carbonyl (C=O) groups is 2. The predicted octanol–water partition coefficient (Wildman–Crippen LogP) is 1.27. The standard InChI is InChI=1S/C12H23NO4/c1-6-17-7-9(8(2)3)13-10(14)12(4,5)11(15)16/h8-9H,6-7H2,1-5H3,(H,13,14)(H,15,16). The van der Waals surface area contributed by atoms with Crippen molar-refractivity contribution in [2.75, 3.05) is 13.2 Å². The van der Waals surface area contributed by atoms with E-state index in [4.69, 9.17) is 9.84 Å². The zero-order valence-corrected chi connectivity index (χ0v) is 11.2. The number of carboxylic acids is 1. The second-order valence-corrected chi connectivity index (χ2v) is 4.91. The minimum Gasteiger partial charge on any atom is -0.480 e. The number of carboxylic acid groups (broad SMARTS) is 1. The number of amides is 1. The maximum Gasteiger partial charge on any atom is 0.318 e. The van der Waals surface area contributed by atoms with Crippen molar-refractivity contribution in [1.82, 2.24) is 5.32 Å². The molecule has 0 rings (SSSR count). The molecule has 1 amide bonds. The summed E-state index contributed by atoms with van der Waals surface area (Å²) in [5, 5.41) is 11.7. The highest BCUT2D eigenvalue weighted by atomic mass is 16.5. The third kappa shape index (κ3) is 4.73. The van der Waals surface area contributed by atoms with Crippen LogP contribution in [0.2, 0.25) is 0 Å². The van der Waals surface area contributed by atoms with Gasteiger partial charge in [0.25, 0.3) is 0 Å². The second kappa shape index (κ2) is 6.59. The van der Waals surface area contributed by atoms with Gasteiger partial charge in [0.1, 0.15) is 5.41 Å². The Balaban J connectivity index is 4.55. The van der Waals surface area contributed by atoms with Gasteiger partial charge in [0.15, 0.2) is 0 Å². The third-order valence-electron chi connectivity index (χ3n) is 2.73. The Labute approximate surface area is 103 Å². The highest BCUT2D eigenvalue weighted by molar-refractivity contribution is 6.01. The summed E-state index contributed by atoms with van der Waals surface area (Å²) in [5.74, 6) is -1.42. The van der Waals surface area contributed by atoms with Crippen LogP contribution in [0.25, 0.3) is 0 Å². The molecule has 0 saturated carbocycles. The van der Waals surface area contributed by atoms with Crippen molar-refractivity contribution in [2.45, 2.75) is 40.7 Å². The topological polar surface area (TPSA) is 75.6 Å². The maximum absolute atomic E-state index is 11.8. The number of nitrogens with one attached hydrogen (secondary N) is 1. The number of rotatable bonds is 7. The van der Waals surface area contributed by atoms with E-state index in [2.05, 4.69) is 5.32 Å². The molecule has 5 heteroatoms. The zero-order chi connectivity index (χ0) is 13.6. The van der Waals surface area contributed by atoms with E-state index in [9.17, 15) is 9.59 Å². The molecule has 0 saturated heterocycles. The van der Waals surface area contributed by atoms with Crippen molar-refractivity contribution in [2.24, 2.45) is 11.3 Å². The lowest BCUT2D eigenvalue weighted by Gasteiger charge is -2.26. The Morgan fingerprint density at radius 1 is 1.35 bits per heavy atom. The largest absolute Gasteiger partial charge is 0.480 e. The molecule has 0 aliphatic carbocycles. The van der Waals surface area contributed by atoms with Gasteiger partial charge >= 0.3 is 5.97 Å². The molecule has 0 aliphatic rings. The molecule has 0 aromatic heterocycles. The van der Waals surface area contributed by atoms with Gasteiger partial charge in [-0.05, 0) is 26.7 Å². The Bertz CT molecular complexity index is 274. The summed E-state index contributed by atoms with van der Waals surface area (Å²) in [6.07, 6.45) is 0. The summed E-state index contributed by atoms with van der Waals surface area (Å²) < 4.78 is 5.27. The first-order valence-electron chi connectivity index (χ1n) is 5.85. The van der Waals surface area contributed by atoms with Crippen LogP contribution in [-0.4, -0.2) is 36.2 Å². The highest BCUT2D eigenvalue weighted by Crippen LogP contribution is 2.16. The summed E-state index contributed by atoms with van der Waals surface area (Å²) in [6.45, 7) is 9.54. The number of hydrogen-bond donors (Lipinski definition) is 2. The van der Waals surface area contributed by atoms with Crippen LogP contribution in [0.4, 0.5) is 0 Å². The normalized spacial score (nSPS) is 13.5. The van der Waals surface area contributed by atoms with E-state index in [1.165, 1.54) is 13.8 Å². The molecule has 0 bridgehead atoms. The first-order valence-corrected chi connectivity index (χ1v) is 5.85. The summed E-state index contributed by atoms with van der Waals surface area (Å²) in [7, 11) is 0. The van der Waals surface area contributed by atoms with E-state index in [1.807, 2.05) is 20.8 Å². The summed E-state index contributed by atoms with van der Waals surface area (Å²) in [6, 6.07) is -0.166. The molecule has 0 radical (unpaired) electrons. The van der Waals surface area contributed by atoms with Crippen molar-refractivity contribution in [1.29, 1.82) is 0 Å². The molecule has 0 fully saturated rings. The van der Waals surface area contributed by atoms with E-state index in [0.29, 0.717) is 13.2 Å². The SMILES string of the molecule is CCOCC(NC(=O)C(C)(C)C(=O)O)C(C)C. The van der Waals surface area contributed by atoms with Crippen LogP contribution in [0.5, 0.6) is 0 Å². The van der Waals surface area contributed by atoms with E-state index >= 15 is 0 Å². The molecule has 0 heterocycles. The zero-order valence-electron chi connectivity index (χ0n) is 11.2. The first-order chi connectivity index (χ1) is 7.73. The molecule has 0 aromatic rings. The number of hydrogen-bond acceptors (Lipinski definition) is 3. The van der Waals surface area contributed by atoms with Crippen LogP contribution in [0.1, 0.15) is 34.6 Å². The van der Waals surface area contributed by atoms with Crippen molar-refractivity contribution < 1.29 is 19.4 Å². The van der Waals surface area contributed by atoms with Gasteiger partial charge in [-0.25, -0.2) is 0 Å². The molecule has 2 N–H and O–H groups in total. The van der Waals surface area contributed by atoms with Gasteiger partial charge < -0.3 is 15.2 Å². The van der Waals surface area contributed by atoms with Crippen LogP contribution < -0.4 is 5.32 Å². The summed E-state index contributed by atoms with van der Waals surface area (Å²) in [4.78, 5) is 22.8. The van der Waals surface area contributed by atoms with Gasteiger partial charge in [-0.3, -0.25) is 9.59 Å². The number of ether oxygens (including phenoxy) is 1. The molecule has 1 unspecified atom stereocenters. The van der Waals surface area contributed by atoms with Crippen LogP contribution in [0, 0.1) is 11.3 Å². The van der Waals surface area contributed by atoms with Crippen LogP contribution in [-0.2, 0) is 14.3 Å². The Morgan fingerprint density at radius 2 is 1.88 bits per heavy atom. The average Bonchev–Trinajstić information content (AvgIpc) is 2.22. The molecule has 100 valence electrons. The highest BCUT2D eigenvalue weighted by Gasteiger charge is 2.37. The van der Waals surface area contributed by atoms with Gasteiger partial charge in [0.05, 0.1) is 12.6 Å². The third-order valence-corrected chi connectivity index (χ3v) is 2.73. The smallest absolute Gasteiger partial charge is 0.318 e. The molecular formula is C12H23NO4. The van der Waals surface area contributed by atoms with Crippen LogP contribution in [0.15, 0.2) is 0 Å². The lowest BCUT2D eigenvalue weighted by Crippen LogP contribution is -2.49. The molecule has 0 aromatic carbocycles. The van der Waals surface area contributed by atoms with Crippen molar-refractivity contribution in [3.8, 4) is 0 Å². The summed E-state index contributed by atoms with van der Waals surface area (Å²) >= 11 is 0. The second-order valence-electron chi connectivity index (χ2n) is 4.91. The van der Waals surface area contributed by atoms with Gasteiger partial charge in [-0.1, -0.05) is 13.8 Å². The van der Waals surface area contributed by atoms with Crippen LogP contribution in [0.3, 0.4) is 0 Å². The van der Waals surface area contributed by atoms with Gasteiger partial charge in [0, 0.05) is 6.61 Å². The molecule has 17 heavy (non-hydrogen) atoms. The first kappa shape index (κ1) is 15.9. The molecule has 0 spiro atoms. The minimum atomic E-state index is -1.42. The van der Waals surface area contributed by atoms with Gasteiger partial charge in [0.2, 0.25) is 5.91 Å². The Morgan fingerprint density at radius 3 is 2.24 bits per heavy atom. The number of carbonyl (C=O) groups excluding carboxylic acids is 1. The lowest BCUT2D eigenvalue weighted by molar-refractivity contribution is -0.154. The maximum atomic E-state index is 11.8. The molecule has 1 atom stereocenters.